The number of esters is 4. The van der Waals surface area contributed by atoms with Crippen LogP contribution in [0, 0.1) is 5.41 Å². The van der Waals surface area contributed by atoms with Crippen molar-refractivity contribution in [2.24, 2.45) is 5.41 Å². The second kappa shape index (κ2) is 8.57. The van der Waals surface area contributed by atoms with E-state index in [0.717, 1.165) is 6.92 Å². The van der Waals surface area contributed by atoms with Gasteiger partial charge in [0.2, 0.25) is 11.4 Å². The summed E-state index contributed by atoms with van der Waals surface area (Å²) in [6.07, 6.45) is -0.774. The maximum absolute atomic E-state index is 12.6. The van der Waals surface area contributed by atoms with Gasteiger partial charge in [-0.05, 0) is 33.6 Å². The third-order valence-electron chi connectivity index (χ3n) is 4.22. The summed E-state index contributed by atoms with van der Waals surface area (Å²) < 4.78 is 20.1. The van der Waals surface area contributed by atoms with Gasteiger partial charge < -0.3 is 24.3 Å². The summed E-state index contributed by atoms with van der Waals surface area (Å²) >= 11 is 0. The molecule has 0 bridgehead atoms. The predicted octanol–water partition coefficient (Wildman–Crippen LogP) is 0.610. The van der Waals surface area contributed by atoms with Crippen LogP contribution in [0.4, 0.5) is 0 Å². The largest absolute Gasteiger partial charge is 0.464 e. The molecule has 0 aromatic heterocycles. The Morgan fingerprint density at radius 2 is 1.39 bits per heavy atom. The van der Waals surface area contributed by atoms with E-state index < -0.39 is 52.9 Å². The first kappa shape index (κ1) is 23.4. The highest BCUT2D eigenvalue weighted by atomic mass is 16.7. The van der Waals surface area contributed by atoms with Gasteiger partial charge in [-0.15, -0.1) is 0 Å². The SMILES string of the molecule is CCOC(=O)C(CCC1(C)C(=O)OC(C)(C)OC1=O)(NC(C)=O)C(=O)OCC. The van der Waals surface area contributed by atoms with Gasteiger partial charge in [0.05, 0.1) is 13.2 Å². The zero-order chi connectivity index (χ0) is 21.8. The van der Waals surface area contributed by atoms with Crippen molar-refractivity contribution in [3.8, 4) is 0 Å². The van der Waals surface area contributed by atoms with Crippen molar-refractivity contribution >= 4 is 29.8 Å². The van der Waals surface area contributed by atoms with E-state index in [4.69, 9.17) is 18.9 Å². The van der Waals surface area contributed by atoms with E-state index in [1.54, 1.807) is 0 Å². The number of hydrogen-bond acceptors (Lipinski definition) is 9. The molecule has 28 heavy (non-hydrogen) atoms. The van der Waals surface area contributed by atoms with Gasteiger partial charge in [0.25, 0.3) is 5.79 Å². The lowest BCUT2D eigenvalue weighted by Gasteiger charge is -2.39. The molecule has 1 aliphatic heterocycles. The highest BCUT2D eigenvalue weighted by Crippen LogP contribution is 2.37. The van der Waals surface area contributed by atoms with Crippen molar-refractivity contribution < 1.29 is 42.9 Å². The number of amides is 1. The fourth-order valence-corrected chi connectivity index (χ4v) is 2.68. The van der Waals surface area contributed by atoms with Crippen LogP contribution in [0.5, 0.6) is 0 Å². The predicted molar refractivity (Wildman–Crippen MR) is 93.4 cm³/mol. The quantitative estimate of drug-likeness (QED) is 0.352. The maximum Gasteiger partial charge on any atom is 0.343 e. The number of hydrogen-bond donors (Lipinski definition) is 1. The Bertz CT molecular complexity index is 630. The van der Waals surface area contributed by atoms with E-state index in [1.165, 1.54) is 34.6 Å². The molecular formula is C18H27NO9. The molecule has 1 amide bonds. The van der Waals surface area contributed by atoms with Crippen LogP contribution in [0.25, 0.3) is 0 Å². The number of cyclic esters (lactones) is 2. The number of rotatable bonds is 8. The van der Waals surface area contributed by atoms with Gasteiger partial charge in [0.1, 0.15) is 0 Å². The lowest BCUT2D eigenvalue weighted by Crippen LogP contribution is -2.62. The van der Waals surface area contributed by atoms with Crippen molar-refractivity contribution in [3.63, 3.8) is 0 Å². The van der Waals surface area contributed by atoms with Gasteiger partial charge in [-0.1, -0.05) is 0 Å². The third kappa shape index (κ3) is 4.79. The number of carbonyl (C=O) groups is 5. The summed E-state index contributed by atoms with van der Waals surface area (Å²) in [6.45, 7) is 8.14. The Morgan fingerprint density at radius 1 is 0.964 bits per heavy atom. The molecule has 10 nitrogen and oxygen atoms in total. The Kier molecular flexibility index (Phi) is 7.16. The molecule has 1 rings (SSSR count). The molecular weight excluding hydrogens is 374 g/mol. The minimum atomic E-state index is -2.21. The monoisotopic (exact) mass is 401 g/mol. The molecule has 1 heterocycles. The summed E-state index contributed by atoms with van der Waals surface area (Å²) in [5.74, 6) is -5.95. The lowest BCUT2D eigenvalue weighted by atomic mass is 9.79. The first-order chi connectivity index (χ1) is 12.8. The van der Waals surface area contributed by atoms with Crippen LogP contribution >= 0.6 is 0 Å². The minimum absolute atomic E-state index is 0.0604. The molecule has 0 radical (unpaired) electrons. The molecule has 0 aromatic carbocycles. The lowest BCUT2D eigenvalue weighted by molar-refractivity contribution is -0.250. The van der Waals surface area contributed by atoms with Crippen molar-refractivity contribution in [3.05, 3.63) is 0 Å². The zero-order valence-electron chi connectivity index (χ0n) is 17.0. The average molecular weight is 401 g/mol. The van der Waals surface area contributed by atoms with Gasteiger partial charge in [-0.25, -0.2) is 9.59 Å². The average Bonchev–Trinajstić information content (AvgIpc) is 2.56. The van der Waals surface area contributed by atoms with Gasteiger partial charge in [0.15, 0.2) is 5.41 Å². The van der Waals surface area contributed by atoms with Crippen LogP contribution in [0.15, 0.2) is 0 Å². The summed E-state index contributed by atoms with van der Waals surface area (Å²) in [6, 6.07) is 0. The van der Waals surface area contributed by atoms with Crippen LogP contribution in [0.2, 0.25) is 0 Å². The number of ether oxygens (including phenoxy) is 4. The fraction of sp³-hybridized carbons (Fsp3) is 0.722. The van der Waals surface area contributed by atoms with Crippen LogP contribution in [-0.2, 0) is 42.9 Å². The Hall–Kier alpha value is -2.65. The molecule has 10 heteroatoms. The van der Waals surface area contributed by atoms with Gasteiger partial charge in [-0.3, -0.25) is 14.4 Å². The first-order valence-corrected chi connectivity index (χ1v) is 8.94. The summed E-state index contributed by atoms with van der Waals surface area (Å²) in [5, 5.41) is 2.27. The molecule has 0 spiro atoms. The molecule has 158 valence electrons. The zero-order valence-corrected chi connectivity index (χ0v) is 17.0. The summed E-state index contributed by atoms with van der Waals surface area (Å²) in [5.41, 5.74) is -3.99. The van der Waals surface area contributed by atoms with Crippen LogP contribution in [0.1, 0.15) is 54.4 Å². The highest BCUT2D eigenvalue weighted by Gasteiger charge is 2.57. The van der Waals surface area contributed by atoms with E-state index in [2.05, 4.69) is 5.32 Å². The van der Waals surface area contributed by atoms with E-state index in [-0.39, 0.29) is 19.6 Å². The van der Waals surface area contributed by atoms with Crippen molar-refractivity contribution in [2.45, 2.75) is 65.7 Å². The van der Waals surface area contributed by atoms with Crippen molar-refractivity contribution in [2.75, 3.05) is 13.2 Å². The molecule has 0 saturated carbocycles. The fourth-order valence-electron chi connectivity index (χ4n) is 2.68. The highest BCUT2D eigenvalue weighted by molar-refractivity contribution is 6.08. The normalized spacial score (nSPS) is 17.8. The second-order valence-corrected chi connectivity index (χ2v) is 7.04. The van der Waals surface area contributed by atoms with Gasteiger partial charge in [0, 0.05) is 20.8 Å². The molecule has 0 atom stereocenters. The third-order valence-corrected chi connectivity index (χ3v) is 4.22. The van der Waals surface area contributed by atoms with Crippen molar-refractivity contribution in [1.82, 2.24) is 5.32 Å². The van der Waals surface area contributed by atoms with Gasteiger partial charge >= 0.3 is 23.9 Å². The molecule has 1 fully saturated rings. The Morgan fingerprint density at radius 3 is 1.75 bits per heavy atom. The Balaban J connectivity index is 3.26. The smallest absolute Gasteiger partial charge is 0.343 e. The summed E-state index contributed by atoms with van der Waals surface area (Å²) in [4.78, 5) is 61.8. The minimum Gasteiger partial charge on any atom is -0.464 e. The van der Waals surface area contributed by atoms with Crippen LogP contribution < -0.4 is 5.32 Å². The number of nitrogens with one attached hydrogen (secondary N) is 1. The molecule has 1 aliphatic rings. The van der Waals surface area contributed by atoms with Crippen molar-refractivity contribution in [1.29, 1.82) is 0 Å². The van der Waals surface area contributed by atoms with E-state index in [9.17, 15) is 24.0 Å². The molecule has 0 aromatic rings. The maximum atomic E-state index is 12.6. The summed E-state index contributed by atoms with van der Waals surface area (Å²) in [7, 11) is 0. The standard InChI is InChI=1S/C18H27NO9/c1-7-25-14(23)18(19-11(3)20,15(24)26-8-2)10-9-17(6)12(21)27-16(4,5)28-13(17)22/h7-10H2,1-6H3,(H,19,20). The van der Waals surface area contributed by atoms with Crippen LogP contribution in [0.3, 0.4) is 0 Å². The van der Waals surface area contributed by atoms with E-state index in [0.29, 0.717) is 0 Å². The van der Waals surface area contributed by atoms with E-state index >= 15 is 0 Å². The molecule has 0 unspecified atom stereocenters. The first-order valence-electron chi connectivity index (χ1n) is 8.94. The van der Waals surface area contributed by atoms with Crippen LogP contribution in [-0.4, -0.2) is 54.3 Å². The van der Waals surface area contributed by atoms with Gasteiger partial charge in [-0.2, -0.15) is 0 Å². The molecule has 0 aliphatic carbocycles. The Labute approximate surface area is 163 Å². The molecule has 1 saturated heterocycles. The number of carbonyl (C=O) groups excluding carboxylic acids is 5. The topological polar surface area (TPSA) is 134 Å². The van der Waals surface area contributed by atoms with E-state index in [1.807, 2.05) is 0 Å². The second-order valence-electron chi connectivity index (χ2n) is 7.04. The molecule has 1 N–H and O–H groups in total.